The van der Waals surface area contributed by atoms with Gasteiger partial charge in [-0.15, -0.1) is 0 Å². The lowest BCUT2D eigenvalue weighted by Gasteiger charge is -1.96. The van der Waals surface area contributed by atoms with Crippen LogP contribution in [0.15, 0.2) is 11.6 Å². The normalized spacial score (nSPS) is 9.64. The molecule has 0 radical (unpaired) electrons. The van der Waals surface area contributed by atoms with Crippen LogP contribution in [0.2, 0.25) is 0 Å². The van der Waals surface area contributed by atoms with Gasteiger partial charge in [-0.05, 0) is 20.6 Å². The molecule has 0 amide bonds. The number of nitrogens with zero attached hydrogens (tertiary/aromatic N) is 3. The van der Waals surface area contributed by atoms with Gasteiger partial charge in [0.15, 0.2) is 0 Å². The summed E-state index contributed by atoms with van der Waals surface area (Å²) < 4.78 is 1.81. The van der Waals surface area contributed by atoms with Crippen molar-refractivity contribution in [2.45, 2.75) is 13.8 Å². The molecule has 1 aromatic heterocycles. The monoisotopic (exact) mass is 149 g/mol. The number of aryl methyl sites for hydroxylation is 1. The molecule has 58 valence electrons. The Morgan fingerprint density at radius 2 is 2.18 bits per heavy atom. The number of imidazole rings is 1. The fourth-order valence-corrected chi connectivity index (χ4v) is 0.939. The van der Waals surface area contributed by atoms with E-state index in [-0.39, 0.29) is 0 Å². The molecule has 0 aliphatic carbocycles. The van der Waals surface area contributed by atoms with Crippen LogP contribution in [-0.2, 0) is 0 Å². The molecule has 0 saturated carbocycles. The van der Waals surface area contributed by atoms with E-state index in [1.165, 1.54) is 0 Å². The van der Waals surface area contributed by atoms with Crippen molar-refractivity contribution in [2.24, 2.45) is 4.99 Å². The van der Waals surface area contributed by atoms with E-state index in [0.717, 1.165) is 11.4 Å². The number of hydrogen-bond acceptors (Lipinski definition) is 2. The van der Waals surface area contributed by atoms with Gasteiger partial charge >= 0.3 is 0 Å². The van der Waals surface area contributed by atoms with Crippen LogP contribution in [0.3, 0.4) is 0 Å². The molecule has 0 saturated heterocycles. The van der Waals surface area contributed by atoms with Crippen molar-refractivity contribution in [1.82, 2.24) is 9.55 Å². The zero-order chi connectivity index (χ0) is 8.43. The van der Waals surface area contributed by atoms with Gasteiger partial charge in [-0.1, -0.05) is 6.58 Å². The molecular formula is C8H11N3. The predicted octanol–water partition coefficient (Wildman–Crippen LogP) is 1.93. The van der Waals surface area contributed by atoms with Crippen LogP contribution in [0.5, 0.6) is 0 Å². The fourth-order valence-electron chi connectivity index (χ4n) is 0.939. The van der Waals surface area contributed by atoms with Crippen molar-refractivity contribution in [3.8, 4) is 0 Å². The second-order valence-corrected chi connectivity index (χ2v) is 2.29. The van der Waals surface area contributed by atoms with Gasteiger partial charge in [0.25, 0.3) is 0 Å². The summed E-state index contributed by atoms with van der Waals surface area (Å²) in [7, 11) is 0. The Morgan fingerprint density at radius 3 is 2.55 bits per heavy atom. The van der Waals surface area contributed by atoms with E-state index in [4.69, 9.17) is 0 Å². The van der Waals surface area contributed by atoms with E-state index in [0.29, 0.717) is 5.95 Å². The Labute approximate surface area is 66.1 Å². The average Bonchev–Trinajstić information content (AvgIpc) is 2.28. The van der Waals surface area contributed by atoms with Gasteiger partial charge in [-0.25, -0.2) is 9.98 Å². The van der Waals surface area contributed by atoms with Gasteiger partial charge < -0.3 is 0 Å². The Bertz CT molecular complexity index is 297. The summed E-state index contributed by atoms with van der Waals surface area (Å²) in [6, 6.07) is 0. The van der Waals surface area contributed by atoms with Crippen LogP contribution >= 0.6 is 0 Å². The summed E-state index contributed by atoms with van der Waals surface area (Å²) in [4.78, 5) is 7.92. The van der Waals surface area contributed by atoms with E-state index in [1.807, 2.05) is 18.4 Å². The van der Waals surface area contributed by atoms with Crippen LogP contribution in [0, 0.1) is 13.8 Å². The standard InChI is InChI=1S/C8H11N3/c1-5-11-7(3)6(2)10-8(11)9-4/h5H,1,4H2,2-3H3. The number of rotatable bonds is 2. The summed E-state index contributed by atoms with van der Waals surface area (Å²) in [5, 5.41) is 0. The fraction of sp³-hybridized carbons (Fsp3) is 0.250. The Morgan fingerprint density at radius 1 is 1.55 bits per heavy atom. The Hall–Kier alpha value is -1.38. The molecule has 11 heavy (non-hydrogen) atoms. The van der Waals surface area contributed by atoms with Crippen molar-refractivity contribution in [2.75, 3.05) is 0 Å². The summed E-state index contributed by atoms with van der Waals surface area (Å²) in [5.74, 6) is 0.606. The van der Waals surface area contributed by atoms with Gasteiger partial charge in [-0.2, -0.15) is 0 Å². The van der Waals surface area contributed by atoms with Crippen LogP contribution in [0.4, 0.5) is 5.95 Å². The molecular weight excluding hydrogens is 138 g/mol. The van der Waals surface area contributed by atoms with Gasteiger partial charge in [0.1, 0.15) is 0 Å². The molecule has 0 aliphatic heterocycles. The second kappa shape index (κ2) is 2.70. The van der Waals surface area contributed by atoms with E-state index in [1.54, 1.807) is 6.20 Å². The van der Waals surface area contributed by atoms with E-state index >= 15 is 0 Å². The Kier molecular flexibility index (Phi) is 1.89. The third-order valence-electron chi connectivity index (χ3n) is 1.69. The maximum atomic E-state index is 4.16. The van der Waals surface area contributed by atoms with Gasteiger partial charge in [-0.3, -0.25) is 4.57 Å². The summed E-state index contributed by atoms with van der Waals surface area (Å²) in [6.45, 7) is 11.0. The third kappa shape index (κ3) is 1.09. The largest absolute Gasteiger partial charge is 0.289 e. The smallest absolute Gasteiger partial charge is 0.233 e. The van der Waals surface area contributed by atoms with E-state index in [9.17, 15) is 0 Å². The molecule has 1 aromatic rings. The maximum Gasteiger partial charge on any atom is 0.233 e. The summed E-state index contributed by atoms with van der Waals surface area (Å²) in [5.41, 5.74) is 2.02. The SMILES string of the molecule is C=Cn1c(N=C)nc(C)c1C. The zero-order valence-corrected chi connectivity index (χ0v) is 6.83. The first-order valence-corrected chi connectivity index (χ1v) is 3.35. The molecule has 0 aromatic carbocycles. The third-order valence-corrected chi connectivity index (χ3v) is 1.69. The molecule has 0 spiro atoms. The maximum absolute atomic E-state index is 4.16. The van der Waals surface area contributed by atoms with Crippen molar-refractivity contribution >= 4 is 18.9 Å². The van der Waals surface area contributed by atoms with Gasteiger partial charge in [0.05, 0.1) is 5.69 Å². The van der Waals surface area contributed by atoms with Crippen LogP contribution in [-0.4, -0.2) is 16.3 Å². The number of hydrogen-bond donors (Lipinski definition) is 0. The number of aromatic nitrogens is 2. The molecule has 3 heteroatoms. The molecule has 1 rings (SSSR count). The minimum Gasteiger partial charge on any atom is -0.289 e. The summed E-state index contributed by atoms with van der Waals surface area (Å²) >= 11 is 0. The molecule has 3 nitrogen and oxygen atoms in total. The molecule has 1 heterocycles. The van der Waals surface area contributed by atoms with E-state index in [2.05, 4.69) is 23.3 Å². The van der Waals surface area contributed by atoms with Crippen molar-refractivity contribution in [1.29, 1.82) is 0 Å². The highest BCUT2D eigenvalue weighted by atomic mass is 15.2. The van der Waals surface area contributed by atoms with Gasteiger partial charge in [0.2, 0.25) is 5.95 Å². The predicted molar refractivity (Wildman–Crippen MR) is 47.3 cm³/mol. The molecule has 0 N–H and O–H groups in total. The molecule has 0 bridgehead atoms. The first kappa shape index (κ1) is 7.72. The highest BCUT2D eigenvalue weighted by Gasteiger charge is 2.05. The van der Waals surface area contributed by atoms with Crippen LogP contribution < -0.4 is 0 Å². The van der Waals surface area contributed by atoms with Crippen LogP contribution in [0.1, 0.15) is 11.4 Å². The minimum absolute atomic E-state index is 0.606. The van der Waals surface area contributed by atoms with Crippen molar-refractivity contribution in [3.63, 3.8) is 0 Å². The minimum atomic E-state index is 0.606. The van der Waals surface area contributed by atoms with E-state index < -0.39 is 0 Å². The highest BCUT2D eigenvalue weighted by molar-refractivity contribution is 5.44. The average molecular weight is 149 g/mol. The highest BCUT2D eigenvalue weighted by Crippen LogP contribution is 2.16. The van der Waals surface area contributed by atoms with Crippen LogP contribution in [0.25, 0.3) is 6.20 Å². The number of aliphatic imine (C=N–C) groups is 1. The Balaban J connectivity index is 3.37. The zero-order valence-electron chi connectivity index (χ0n) is 6.83. The molecule has 0 aliphatic rings. The lowest BCUT2D eigenvalue weighted by Crippen LogP contribution is -1.87. The lowest BCUT2D eigenvalue weighted by molar-refractivity contribution is 1.06. The molecule has 0 atom stereocenters. The molecule has 0 unspecified atom stereocenters. The lowest BCUT2D eigenvalue weighted by atomic mass is 10.4. The first-order valence-electron chi connectivity index (χ1n) is 3.35. The topological polar surface area (TPSA) is 30.2 Å². The van der Waals surface area contributed by atoms with Crippen molar-refractivity contribution in [3.05, 3.63) is 18.0 Å². The quantitative estimate of drug-likeness (QED) is 0.591. The second-order valence-electron chi connectivity index (χ2n) is 2.29. The van der Waals surface area contributed by atoms with Gasteiger partial charge in [0, 0.05) is 11.9 Å². The summed E-state index contributed by atoms with van der Waals surface area (Å²) in [6.07, 6.45) is 1.68. The molecule has 0 fully saturated rings. The van der Waals surface area contributed by atoms with Crippen molar-refractivity contribution < 1.29 is 0 Å². The first-order chi connectivity index (χ1) is 5.20.